The van der Waals surface area contributed by atoms with E-state index in [0.29, 0.717) is 0 Å². The third-order valence-electron chi connectivity index (χ3n) is 2.93. The van der Waals surface area contributed by atoms with E-state index in [1.54, 1.807) is 6.26 Å². The first kappa shape index (κ1) is 14.2. The minimum absolute atomic E-state index is 0. The summed E-state index contributed by atoms with van der Waals surface area (Å²) in [5.74, 6) is 1.82. The van der Waals surface area contributed by atoms with Crippen molar-refractivity contribution in [3.8, 4) is 17.3 Å². The number of aromatic nitrogens is 2. The van der Waals surface area contributed by atoms with E-state index in [0.717, 1.165) is 22.8 Å². The van der Waals surface area contributed by atoms with Crippen molar-refractivity contribution < 1.29 is 41.7 Å². The van der Waals surface area contributed by atoms with Crippen LogP contribution < -0.4 is 4.57 Å². The first-order valence-corrected chi connectivity index (χ1v) is 5.78. The first-order chi connectivity index (χ1) is 8.77. The van der Waals surface area contributed by atoms with E-state index in [2.05, 4.69) is 12.3 Å². The van der Waals surface area contributed by atoms with Gasteiger partial charge in [0.15, 0.2) is 5.76 Å². The molecule has 0 amide bonds. The Hall–Kier alpha value is -1.19. The molecule has 93 valence electrons. The van der Waals surface area contributed by atoms with Crippen LogP contribution in [0.1, 0.15) is 5.56 Å². The van der Waals surface area contributed by atoms with Gasteiger partial charge in [-0.2, -0.15) is 24.3 Å². The van der Waals surface area contributed by atoms with E-state index < -0.39 is 0 Å². The fourth-order valence-corrected chi connectivity index (χ4v) is 1.99. The first-order valence-electron chi connectivity index (χ1n) is 5.78. The number of hydrogen-bond donors (Lipinski definition) is 0. The van der Waals surface area contributed by atoms with Gasteiger partial charge in [0.2, 0.25) is 5.82 Å². The summed E-state index contributed by atoms with van der Waals surface area (Å²) in [6.07, 6.45) is 6.79. The molecule has 0 aliphatic heterocycles. The Labute approximate surface area is 137 Å². The molecule has 4 heteroatoms. The van der Waals surface area contributed by atoms with Crippen molar-refractivity contribution in [2.75, 3.05) is 0 Å². The van der Waals surface area contributed by atoms with Gasteiger partial charge in [-0.1, -0.05) is 5.69 Å². The maximum absolute atomic E-state index is 5.58. The summed E-state index contributed by atoms with van der Waals surface area (Å²) in [6, 6.07) is 13.0. The number of nitrogens with zero attached hydrogens (tertiary/aromatic N) is 2. The predicted octanol–water partition coefficient (Wildman–Crippen LogP) is 2.47. The van der Waals surface area contributed by atoms with Crippen LogP contribution in [0.15, 0.2) is 47.2 Å². The van der Waals surface area contributed by atoms with Gasteiger partial charge in [-0.25, -0.2) is 6.07 Å². The minimum atomic E-state index is 0. The third-order valence-corrected chi connectivity index (χ3v) is 2.93. The number of furan rings is 1. The summed E-state index contributed by atoms with van der Waals surface area (Å²) in [7, 11) is 1.98. The maximum Gasteiger partial charge on any atom is 0.220 e. The molecule has 0 saturated heterocycles. The molecule has 0 N–H and O–H groups in total. The van der Waals surface area contributed by atoms with Crippen molar-refractivity contribution in [1.29, 1.82) is 0 Å². The van der Waals surface area contributed by atoms with Gasteiger partial charge in [0, 0.05) is 32.7 Å². The molecule has 3 aromatic rings. The van der Waals surface area contributed by atoms with Gasteiger partial charge in [0.25, 0.3) is 0 Å². The van der Waals surface area contributed by atoms with Crippen molar-refractivity contribution in [3.05, 3.63) is 60.6 Å². The van der Waals surface area contributed by atoms with Crippen LogP contribution in [-0.2, 0) is 39.8 Å². The molecular weight excluding hydrogens is 313 g/mol. The van der Waals surface area contributed by atoms with Crippen molar-refractivity contribution in [2.24, 2.45) is 7.05 Å². The molecule has 0 aliphatic rings. The second-order valence-corrected chi connectivity index (χ2v) is 4.21. The minimum Gasteiger partial charge on any atom is -0.469 e. The molecule has 19 heavy (non-hydrogen) atoms. The average Bonchev–Trinajstić information content (AvgIpc) is 2.96. The average molecular weight is 326 g/mol. The Morgan fingerprint density at radius 3 is 2.74 bits per heavy atom. The van der Waals surface area contributed by atoms with Crippen molar-refractivity contribution in [1.82, 2.24) is 4.57 Å². The van der Waals surface area contributed by atoms with E-state index in [1.165, 1.54) is 0 Å². The fourth-order valence-electron chi connectivity index (χ4n) is 1.99. The fraction of sp³-hybridized carbons (Fsp3) is 0.133. The van der Waals surface area contributed by atoms with Crippen LogP contribution in [0.25, 0.3) is 17.3 Å². The zero-order chi connectivity index (χ0) is 12.5. The van der Waals surface area contributed by atoms with Gasteiger partial charge in [-0.3, -0.25) is 4.57 Å². The quantitative estimate of drug-likeness (QED) is 0.524. The number of benzene rings is 1. The maximum atomic E-state index is 5.58. The summed E-state index contributed by atoms with van der Waals surface area (Å²) in [6.45, 7) is 2.03. The normalized spacial score (nSPS) is 10.2. The van der Waals surface area contributed by atoms with Crippen LogP contribution in [0.2, 0.25) is 0 Å². The summed E-state index contributed by atoms with van der Waals surface area (Å²) in [5.41, 5.74) is 2.05. The third kappa shape index (κ3) is 2.58. The van der Waals surface area contributed by atoms with Gasteiger partial charge in [0.05, 0.1) is 25.7 Å². The van der Waals surface area contributed by atoms with E-state index >= 15 is 0 Å². The summed E-state index contributed by atoms with van der Waals surface area (Å²) < 4.78 is 9.52. The summed E-state index contributed by atoms with van der Waals surface area (Å²) >= 11 is 0. The number of imidazole rings is 1. The van der Waals surface area contributed by atoms with Crippen LogP contribution in [0.4, 0.5) is 0 Å². The Morgan fingerprint density at radius 2 is 2.11 bits per heavy atom. The van der Waals surface area contributed by atoms with Crippen molar-refractivity contribution in [2.45, 2.75) is 6.92 Å². The van der Waals surface area contributed by atoms with Crippen LogP contribution in [0, 0.1) is 19.2 Å². The topological polar surface area (TPSA) is 21.9 Å². The van der Waals surface area contributed by atoms with Crippen LogP contribution in [0.5, 0.6) is 0 Å². The van der Waals surface area contributed by atoms with Crippen LogP contribution in [-0.4, -0.2) is 4.57 Å². The van der Waals surface area contributed by atoms with Gasteiger partial charge in [-0.05, 0) is 18.6 Å². The number of para-hydroxylation sites is 1. The van der Waals surface area contributed by atoms with E-state index in [4.69, 9.17) is 4.42 Å². The zero-order valence-corrected chi connectivity index (χ0v) is 13.8. The predicted molar refractivity (Wildman–Crippen MR) is 67.1 cm³/mol. The Kier molecular flexibility index (Phi) is 4.38. The zero-order valence-electron chi connectivity index (χ0n) is 10.9. The molecule has 1 aromatic carbocycles. The van der Waals surface area contributed by atoms with Crippen molar-refractivity contribution >= 4 is 0 Å². The molecular formula is C15H13N2OY-. The molecule has 0 aliphatic carbocycles. The molecule has 2 aromatic heterocycles. The number of aryl methyl sites for hydroxylation is 2. The van der Waals surface area contributed by atoms with E-state index in [-0.39, 0.29) is 32.7 Å². The van der Waals surface area contributed by atoms with Crippen LogP contribution >= 0.6 is 0 Å². The molecule has 0 unspecified atom stereocenters. The SMILES string of the molecule is Cc1ccoc1-c1n(C)c[c-][n+]1-c1[c-]cccc1.[Y]. The molecule has 0 fully saturated rings. The Morgan fingerprint density at radius 1 is 1.26 bits per heavy atom. The van der Waals surface area contributed by atoms with Crippen molar-refractivity contribution in [3.63, 3.8) is 0 Å². The second kappa shape index (κ2) is 5.85. The molecule has 3 nitrogen and oxygen atoms in total. The largest absolute Gasteiger partial charge is 0.469 e. The smallest absolute Gasteiger partial charge is 0.220 e. The molecule has 0 bridgehead atoms. The molecule has 0 spiro atoms. The number of rotatable bonds is 2. The monoisotopic (exact) mass is 326 g/mol. The number of hydrogen-bond acceptors (Lipinski definition) is 1. The summed E-state index contributed by atoms with van der Waals surface area (Å²) in [5, 5.41) is 0. The molecule has 3 rings (SSSR count). The van der Waals surface area contributed by atoms with Gasteiger partial charge >= 0.3 is 0 Å². The molecule has 1 radical (unpaired) electrons. The summed E-state index contributed by atoms with van der Waals surface area (Å²) in [4.78, 5) is 0. The Bertz CT molecular complexity index is 671. The molecule has 0 saturated carbocycles. The standard InChI is InChI=1S/C15H13N2O.Y/c1-12-8-11-18-14(12)15-16(2)9-10-17(15)13-6-4-3-5-7-13;/h3-6,8-9,11H,1-2H3;/q-1;. The Balaban J connectivity index is 0.00000133. The van der Waals surface area contributed by atoms with Gasteiger partial charge in [0.1, 0.15) is 0 Å². The van der Waals surface area contributed by atoms with E-state index in [9.17, 15) is 0 Å². The van der Waals surface area contributed by atoms with E-state index in [1.807, 2.05) is 59.6 Å². The molecule has 0 atom stereocenters. The molecule has 2 heterocycles. The van der Waals surface area contributed by atoms with Crippen LogP contribution in [0.3, 0.4) is 0 Å². The van der Waals surface area contributed by atoms with Gasteiger partial charge in [-0.15, -0.1) is 0 Å². The second-order valence-electron chi connectivity index (χ2n) is 4.21. The van der Waals surface area contributed by atoms with Gasteiger partial charge < -0.3 is 8.98 Å².